The van der Waals surface area contributed by atoms with E-state index in [1.165, 1.54) is 116 Å². The molecular formula is C44H81NO7. The van der Waals surface area contributed by atoms with Crippen LogP contribution in [0.5, 0.6) is 0 Å². The van der Waals surface area contributed by atoms with Crippen molar-refractivity contribution in [3.8, 4) is 0 Å². The van der Waals surface area contributed by atoms with Crippen LogP contribution in [0.25, 0.3) is 0 Å². The lowest BCUT2D eigenvalue weighted by molar-refractivity contribution is -0.889. The first-order valence-corrected chi connectivity index (χ1v) is 21.4. The Bertz CT molecular complexity index is 911. The minimum atomic E-state index is -1.13. The van der Waals surface area contributed by atoms with Crippen LogP contribution in [0.3, 0.4) is 0 Å². The van der Waals surface area contributed by atoms with Crippen molar-refractivity contribution in [2.24, 2.45) is 0 Å². The van der Waals surface area contributed by atoms with Gasteiger partial charge in [0.05, 0.1) is 40.3 Å². The van der Waals surface area contributed by atoms with E-state index in [0.29, 0.717) is 12.8 Å². The molecule has 0 aliphatic heterocycles. The van der Waals surface area contributed by atoms with E-state index in [1.807, 2.05) is 0 Å². The highest BCUT2D eigenvalue weighted by atomic mass is 16.6. The number of unbranched alkanes of at least 4 members (excludes halogenated alkanes) is 21. The van der Waals surface area contributed by atoms with E-state index in [0.717, 1.165) is 38.5 Å². The Balaban J connectivity index is 4.20. The molecule has 0 saturated carbocycles. The summed E-state index contributed by atoms with van der Waals surface area (Å²) in [5.41, 5.74) is 0. The van der Waals surface area contributed by atoms with E-state index >= 15 is 0 Å². The van der Waals surface area contributed by atoms with Gasteiger partial charge in [0.15, 0.2) is 6.10 Å². The van der Waals surface area contributed by atoms with Crippen molar-refractivity contribution in [1.82, 2.24) is 0 Å². The molecule has 2 unspecified atom stereocenters. The monoisotopic (exact) mass is 736 g/mol. The fourth-order valence-electron chi connectivity index (χ4n) is 6.24. The van der Waals surface area contributed by atoms with E-state index in [-0.39, 0.29) is 42.7 Å². The number of carboxylic acid groups (broad SMARTS) is 1. The number of carbonyl (C=O) groups excluding carboxylic acids is 3. The molecule has 0 amide bonds. The van der Waals surface area contributed by atoms with Gasteiger partial charge in [-0.05, 0) is 38.5 Å². The van der Waals surface area contributed by atoms with Gasteiger partial charge in [-0.15, -0.1) is 0 Å². The van der Waals surface area contributed by atoms with Gasteiger partial charge in [-0.1, -0.05) is 154 Å². The average molecular weight is 736 g/mol. The lowest BCUT2D eigenvalue weighted by Gasteiger charge is -2.34. The molecule has 2 atom stereocenters. The van der Waals surface area contributed by atoms with Crippen LogP contribution in [-0.2, 0) is 28.6 Å². The Morgan fingerprint density at radius 1 is 0.577 bits per heavy atom. The Labute approximate surface area is 320 Å². The topological polar surface area (TPSA) is 102 Å². The molecule has 0 bridgehead atoms. The highest BCUT2D eigenvalue weighted by Crippen LogP contribution is 2.14. The van der Waals surface area contributed by atoms with Gasteiger partial charge >= 0.3 is 11.9 Å². The van der Waals surface area contributed by atoms with Crippen LogP contribution >= 0.6 is 0 Å². The number of quaternary nitrogens is 1. The molecule has 0 radical (unpaired) electrons. The van der Waals surface area contributed by atoms with Crippen molar-refractivity contribution >= 4 is 17.9 Å². The Morgan fingerprint density at radius 3 is 1.46 bits per heavy atom. The summed E-state index contributed by atoms with van der Waals surface area (Å²) in [6.07, 6.45) is 37.8. The quantitative estimate of drug-likeness (QED) is 0.0269. The molecule has 8 nitrogen and oxygen atoms in total. The first-order valence-electron chi connectivity index (χ1n) is 21.4. The summed E-state index contributed by atoms with van der Waals surface area (Å²) in [5.74, 6) is -1.74. The van der Waals surface area contributed by atoms with Crippen molar-refractivity contribution < 1.29 is 38.2 Å². The number of esters is 2. The molecule has 0 aromatic carbocycles. The molecule has 0 aromatic heterocycles. The van der Waals surface area contributed by atoms with Gasteiger partial charge in [0.25, 0.3) is 0 Å². The zero-order chi connectivity index (χ0) is 38.5. The minimum Gasteiger partial charge on any atom is -0.544 e. The van der Waals surface area contributed by atoms with E-state index in [1.54, 1.807) is 21.1 Å². The third kappa shape index (κ3) is 33.6. The predicted molar refractivity (Wildman–Crippen MR) is 213 cm³/mol. The zero-order valence-electron chi connectivity index (χ0n) is 34.5. The highest BCUT2D eigenvalue weighted by molar-refractivity contribution is 5.70. The second-order valence-electron chi connectivity index (χ2n) is 15.6. The third-order valence-electron chi connectivity index (χ3n) is 9.62. The number of allylic oxidation sites excluding steroid dienone is 4. The van der Waals surface area contributed by atoms with Crippen molar-refractivity contribution in [3.05, 3.63) is 24.3 Å². The summed E-state index contributed by atoms with van der Waals surface area (Å²) in [6.45, 7) is 4.61. The van der Waals surface area contributed by atoms with Crippen molar-refractivity contribution in [3.63, 3.8) is 0 Å². The summed E-state index contributed by atoms with van der Waals surface area (Å²) < 4.78 is 17.1. The maximum Gasteiger partial charge on any atom is 0.306 e. The second kappa shape index (κ2) is 35.8. The Hall–Kier alpha value is -2.19. The van der Waals surface area contributed by atoms with Crippen LogP contribution in [-0.4, -0.2) is 75.5 Å². The molecule has 0 saturated heterocycles. The summed E-state index contributed by atoms with van der Waals surface area (Å²) in [5, 5.41) is 11.6. The van der Waals surface area contributed by atoms with Crippen LogP contribution in [0.1, 0.15) is 187 Å². The lowest BCUT2D eigenvalue weighted by Crippen LogP contribution is -2.55. The Kier molecular flexibility index (Phi) is 34.3. The fourth-order valence-corrected chi connectivity index (χ4v) is 6.24. The standard InChI is InChI=1S/C44H81NO7/c1-6-8-10-12-14-16-17-18-19-20-21-22-23-24-25-26-27-29-30-32-34-42(46)51-39-40(38-50-37-36-41(44(48)49)45(3,4)5)52-43(47)35-33-31-28-15-13-11-9-7-2/h16-19,40-41H,6-15,20-39H2,1-5H3/b17-16+,19-18+. The van der Waals surface area contributed by atoms with Crippen LogP contribution in [0.2, 0.25) is 0 Å². The van der Waals surface area contributed by atoms with E-state index in [2.05, 4.69) is 38.2 Å². The summed E-state index contributed by atoms with van der Waals surface area (Å²) >= 11 is 0. The average Bonchev–Trinajstić information content (AvgIpc) is 3.09. The van der Waals surface area contributed by atoms with Gasteiger partial charge in [-0.3, -0.25) is 9.59 Å². The van der Waals surface area contributed by atoms with Gasteiger partial charge in [-0.2, -0.15) is 0 Å². The van der Waals surface area contributed by atoms with Crippen molar-refractivity contribution in [2.45, 2.75) is 199 Å². The van der Waals surface area contributed by atoms with Gasteiger partial charge in [-0.25, -0.2) is 0 Å². The van der Waals surface area contributed by atoms with Crippen LogP contribution in [0, 0.1) is 0 Å². The molecule has 0 aliphatic carbocycles. The summed E-state index contributed by atoms with van der Waals surface area (Å²) in [6, 6.07) is -0.721. The molecule has 52 heavy (non-hydrogen) atoms. The van der Waals surface area contributed by atoms with Crippen LogP contribution < -0.4 is 5.11 Å². The maximum absolute atomic E-state index is 12.6. The number of carbonyl (C=O) groups is 3. The first kappa shape index (κ1) is 49.8. The molecule has 0 aromatic rings. The normalized spacial score (nSPS) is 13.2. The highest BCUT2D eigenvalue weighted by Gasteiger charge is 2.25. The van der Waals surface area contributed by atoms with E-state index in [4.69, 9.17) is 14.2 Å². The number of nitrogens with zero attached hydrogens (tertiary/aromatic N) is 1. The number of likely N-dealkylation sites (N-methyl/N-ethyl adjacent to an activating group) is 1. The molecule has 0 N–H and O–H groups in total. The Morgan fingerprint density at radius 2 is 1.00 bits per heavy atom. The first-order chi connectivity index (χ1) is 25.1. The fraction of sp³-hybridized carbons (Fsp3) is 0.841. The number of rotatable bonds is 38. The molecular weight excluding hydrogens is 654 g/mol. The number of ether oxygens (including phenoxy) is 3. The number of hydrogen-bond acceptors (Lipinski definition) is 7. The number of carboxylic acids is 1. The molecule has 0 aliphatic rings. The molecule has 8 heteroatoms. The number of aliphatic carboxylic acids is 1. The predicted octanol–water partition coefficient (Wildman–Crippen LogP) is 9.97. The molecule has 304 valence electrons. The second-order valence-corrected chi connectivity index (χ2v) is 15.6. The SMILES string of the molecule is CCCCCC/C=C/C=C/CCCCCCCCCCCCC(=O)OCC(COCCC(C(=O)[O-])[N+](C)(C)C)OC(=O)CCCCCCCCCC. The van der Waals surface area contributed by atoms with Crippen LogP contribution in [0.15, 0.2) is 24.3 Å². The molecule has 0 fully saturated rings. The van der Waals surface area contributed by atoms with E-state index < -0.39 is 18.1 Å². The third-order valence-corrected chi connectivity index (χ3v) is 9.62. The van der Waals surface area contributed by atoms with Gasteiger partial charge in [0.1, 0.15) is 12.6 Å². The smallest absolute Gasteiger partial charge is 0.306 e. The minimum absolute atomic E-state index is 0.0430. The maximum atomic E-state index is 12.6. The largest absolute Gasteiger partial charge is 0.544 e. The van der Waals surface area contributed by atoms with E-state index in [9.17, 15) is 19.5 Å². The zero-order valence-corrected chi connectivity index (χ0v) is 34.5. The van der Waals surface area contributed by atoms with Crippen LogP contribution in [0.4, 0.5) is 0 Å². The van der Waals surface area contributed by atoms with Gasteiger partial charge < -0.3 is 28.6 Å². The molecule has 0 heterocycles. The molecule has 0 rings (SSSR count). The lowest BCUT2D eigenvalue weighted by atomic mass is 10.1. The van der Waals surface area contributed by atoms with Gasteiger partial charge in [0, 0.05) is 19.3 Å². The van der Waals surface area contributed by atoms with Crippen molar-refractivity contribution in [2.75, 3.05) is 41.0 Å². The summed E-state index contributed by atoms with van der Waals surface area (Å²) in [4.78, 5) is 36.6. The number of hydrogen-bond donors (Lipinski definition) is 0. The summed E-state index contributed by atoms with van der Waals surface area (Å²) in [7, 11) is 5.40. The van der Waals surface area contributed by atoms with Gasteiger partial charge in [0.2, 0.25) is 0 Å². The van der Waals surface area contributed by atoms with Crippen molar-refractivity contribution in [1.29, 1.82) is 0 Å². The molecule has 0 spiro atoms.